The van der Waals surface area contributed by atoms with Gasteiger partial charge >= 0.3 is 0 Å². The van der Waals surface area contributed by atoms with Crippen molar-refractivity contribution in [2.75, 3.05) is 13.1 Å². The highest BCUT2D eigenvalue weighted by Gasteiger charge is 2.39. The van der Waals surface area contributed by atoms with E-state index in [0.29, 0.717) is 0 Å². The number of carbonyl (C=O) groups excluding carboxylic acids is 1. The Kier molecular flexibility index (Phi) is 6.43. The van der Waals surface area contributed by atoms with Gasteiger partial charge in [0, 0.05) is 24.4 Å². The Bertz CT molecular complexity index is 839. The van der Waals surface area contributed by atoms with Crippen molar-refractivity contribution in [3.63, 3.8) is 0 Å². The number of carbonyl (C=O) groups is 1. The fourth-order valence-electron chi connectivity index (χ4n) is 4.91. The van der Waals surface area contributed by atoms with Crippen LogP contribution in [0, 0.1) is 5.92 Å². The predicted octanol–water partition coefficient (Wildman–Crippen LogP) is 5.10. The molecule has 1 saturated heterocycles. The van der Waals surface area contributed by atoms with Gasteiger partial charge in [0.15, 0.2) is 0 Å². The van der Waals surface area contributed by atoms with Crippen molar-refractivity contribution in [2.24, 2.45) is 5.92 Å². The topological polar surface area (TPSA) is 41.6 Å². The fourth-order valence-corrected chi connectivity index (χ4v) is 4.91. The summed E-state index contributed by atoms with van der Waals surface area (Å²) in [5.74, 6) is 1.23. The third-order valence-corrected chi connectivity index (χ3v) is 7.01. The molecule has 30 heavy (non-hydrogen) atoms. The highest BCUT2D eigenvalue weighted by molar-refractivity contribution is 5.79. The van der Waals surface area contributed by atoms with Crippen molar-refractivity contribution in [1.82, 2.24) is 10.2 Å². The number of amides is 1. The number of hydrogen-bond donors (Lipinski definition) is 1. The van der Waals surface area contributed by atoms with Crippen LogP contribution in [0.1, 0.15) is 63.1 Å². The van der Waals surface area contributed by atoms with Crippen LogP contribution >= 0.6 is 0 Å². The maximum Gasteiger partial charge on any atom is 0.223 e. The Morgan fingerprint density at radius 2 is 1.70 bits per heavy atom. The number of rotatable bonds is 6. The molecule has 0 bridgehead atoms. The first-order valence-electron chi connectivity index (χ1n) is 11.5. The number of likely N-dealkylation sites (tertiary alicyclic amines) is 1. The SMILES string of the molecule is CCC1(CC)C[C@@H](NC(=O)C2CCN(Cc3ccccc3)CC2)c2ccccc2O1. The fraction of sp³-hybridized carbons (Fsp3) is 0.500. The van der Waals surface area contributed by atoms with E-state index >= 15 is 0 Å². The van der Waals surface area contributed by atoms with Crippen LogP contribution < -0.4 is 10.1 Å². The lowest BCUT2D eigenvalue weighted by atomic mass is 9.83. The van der Waals surface area contributed by atoms with E-state index in [1.54, 1.807) is 0 Å². The van der Waals surface area contributed by atoms with Crippen LogP contribution in [0.25, 0.3) is 0 Å². The molecule has 2 aromatic carbocycles. The van der Waals surface area contributed by atoms with Gasteiger partial charge in [-0.1, -0.05) is 62.4 Å². The van der Waals surface area contributed by atoms with Gasteiger partial charge in [0.25, 0.3) is 0 Å². The molecule has 4 rings (SSSR count). The lowest BCUT2D eigenvalue weighted by molar-refractivity contribution is -0.128. The molecular formula is C26H34N2O2. The van der Waals surface area contributed by atoms with Crippen molar-refractivity contribution < 1.29 is 9.53 Å². The first-order valence-corrected chi connectivity index (χ1v) is 11.5. The Balaban J connectivity index is 1.38. The van der Waals surface area contributed by atoms with Gasteiger partial charge in [-0.05, 0) is 50.4 Å². The lowest BCUT2D eigenvalue weighted by Gasteiger charge is -2.42. The Morgan fingerprint density at radius 3 is 2.40 bits per heavy atom. The van der Waals surface area contributed by atoms with Gasteiger partial charge in [0.2, 0.25) is 5.91 Å². The second-order valence-corrected chi connectivity index (χ2v) is 8.83. The number of benzene rings is 2. The van der Waals surface area contributed by atoms with Crippen molar-refractivity contribution >= 4 is 5.91 Å². The number of piperidine rings is 1. The number of ether oxygens (including phenoxy) is 1. The Hall–Kier alpha value is -2.33. The Labute approximate surface area is 180 Å². The summed E-state index contributed by atoms with van der Waals surface area (Å²) < 4.78 is 6.39. The molecule has 1 fully saturated rings. The van der Waals surface area contributed by atoms with E-state index in [2.05, 4.69) is 60.5 Å². The van der Waals surface area contributed by atoms with Crippen molar-refractivity contribution in [1.29, 1.82) is 0 Å². The monoisotopic (exact) mass is 406 g/mol. The maximum atomic E-state index is 13.2. The van der Waals surface area contributed by atoms with Crippen LogP contribution in [-0.2, 0) is 11.3 Å². The molecule has 2 aromatic rings. The minimum atomic E-state index is -0.189. The van der Waals surface area contributed by atoms with Gasteiger partial charge < -0.3 is 10.1 Å². The maximum absolute atomic E-state index is 13.2. The molecule has 1 N–H and O–H groups in total. The molecule has 4 nitrogen and oxygen atoms in total. The molecule has 0 saturated carbocycles. The van der Waals surface area contributed by atoms with Crippen LogP contribution in [0.3, 0.4) is 0 Å². The van der Waals surface area contributed by atoms with Crippen LogP contribution in [0.15, 0.2) is 54.6 Å². The number of para-hydroxylation sites is 1. The summed E-state index contributed by atoms with van der Waals surface area (Å²) in [5.41, 5.74) is 2.27. The molecule has 2 heterocycles. The summed E-state index contributed by atoms with van der Waals surface area (Å²) in [6.45, 7) is 7.28. The molecule has 1 atom stereocenters. The van der Waals surface area contributed by atoms with Crippen LogP contribution in [0.5, 0.6) is 5.75 Å². The quantitative estimate of drug-likeness (QED) is 0.726. The van der Waals surface area contributed by atoms with Gasteiger partial charge in [0.05, 0.1) is 6.04 Å². The van der Waals surface area contributed by atoms with Crippen LogP contribution in [0.2, 0.25) is 0 Å². The van der Waals surface area contributed by atoms with E-state index < -0.39 is 0 Å². The number of hydrogen-bond acceptors (Lipinski definition) is 3. The minimum absolute atomic E-state index is 0.0321. The molecule has 1 amide bonds. The van der Waals surface area contributed by atoms with E-state index in [1.165, 1.54) is 5.56 Å². The summed E-state index contributed by atoms with van der Waals surface area (Å²) >= 11 is 0. The average molecular weight is 407 g/mol. The summed E-state index contributed by atoms with van der Waals surface area (Å²) in [4.78, 5) is 15.6. The van der Waals surface area contributed by atoms with E-state index in [9.17, 15) is 4.79 Å². The summed E-state index contributed by atoms with van der Waals surface area (Å²) in [7, 11) is 0. The highest BCUT2D eigenvalue weighted by atomic mass is 16.5. The van der Waals surface area contributed by atoms with Crippen LogP contribution in [-0.4, -0.2) is 29.5 Å². The van der Waals surface area contributed by atoms with E-state index in [0.717, 1.165) is 63.1 Å². The zero-order chi connectivity index (χ0) is 21.0. The second-order valence-electron chi connectivity index (χ2n) is 8.83. The van der Waals surface area contributed by atoms with E-state index in [1.807, 2.05) is 18.2 Å². The number of nitrogens with one attached hydrogen (secondary N) is 1. The summed E-state index contributed by atoms with van der Waals surface area (Å²) in [6.07, 6.45) is 4.59. The minimum Gasteiger partial charge on any atom is -0.487 e. The van der Waals surface area contributed by atoms with Gasteiger partial charge in [-0.3, -0.25) is 9.69 Å². The Morgan fingerprint density at radius 1 is 1.03 bits per heavy atom. The number of fused-ring (bicyclic) bond motifs is 1. The van der Waals surface area contributed by atoms with Gasteiger partial charge in [-0.2, -0.15) is 0 Å². The largest absolute Gasteiger partial charge is 0.487 e. The zero-order valence-electron chi connectivity index (χ0n) is 18.3. The summed E-state index contributed by atoms with van der Waals surface area (Å²) in [5, 5.41) is 3.40. The molecule has 160 valence electrons. The highest BCUT2D eigenvalue weighted by Crippen LogP contribution is 2.42. The zero-order valence-corrected chi connectivity index (χ0v) is 18.3. The van der Waals surface area contributed by atoms with Crippen molar-refractivity contribution in [3.8, 4) is 5.75 Å². The van der Waals surface area contributed by atoms with Gasteiger partial charge in [-0.25, -0.2) is 0 Å². The molecule has 0 spiro atoms. The molecule has 0 unspecified atom stereocenters. The molecule has 2 aliphatic rings. The third kappa shape index (κ3) is 4.54. The standard InChI is InChI=1S/C26H34N2O2/c1-3-26(4-2)18-23(22-12-8-9-13-24(22)30-26)27-25(29)21-14-16-28(17-15-21)19-20-10-6-5-7-11-20/h5-13,21,23H,3-4,14-19H2,1-2H3,(H,27,29)/t23-/m1/s1. The molecule has 0 radical (unpaired) electrons. The molecule has 4 heteroatoms. The molecule has 2 aliphatic heterocycles. The third-order valence-electron chi connectivity index (χ3n) is 7.01. The second kappa shape index (κ2) is 9.22. The first-order chi connectivity index (χ1) is 14.6. The first kappa shape index (κ1) is 20.9. The lowest BCUT2D eigenvalue weighted by Crippen LogP contribution is -2.47. The van der Waals surface area contributed by atoms with E-state index in [4.69, 9.17) is 4.74 Å². The molecule has 0 aliphatic carbocycles. The predicted molar refractivity (Wildman–Crippen MR) is 120 cm³/mol. The van der Waals surface area contributed by atoms with Gasteiger partial charge in [0.1, 0.15) is 11.4 Å². The number of nitrogens with zero attached hydrogens (tertiary/aromatic N) is 1. The normalized spacial score (nSPS) is 21.5. The summed E-state index contributed by atoms with van der Waals surface area (Å²) in [6, 6.07) is 18.8. The van der Waals surface area contributed by atoms with Crippen molar-refractivity contribution in [2.45, 2.75) is 64.1 Å². The van der Waals surface area contributed by atoms with E-state index in [-0.39, 0.29) is 23.5 Å². The van der Waals surface area contributed by atoms with Crippen LogP contribution in [0.4, 0.5) is 0 Å². The van der Waals surface area contributed by atoms with Gasteiger partial charge in [-0.15, -0.1) is 0 Å². The molecular weight excluding hydrogens is 372 g/mol. The smallest absolute Gasteiger partial charge is 0.223 e. The average Bonchev–Trinajstić information content (AvgIpc) is 2.80. The van der Waals surface area contributed by atoms with Crippen molar-refractivity contribution in [3.05, 3.63) is 65.7 Å². The molecule has 0 aromatic heterocycles.